The zero-order valence-electron chi connectivity index (χ0n) is 15.9. The highest BCUT2D eigenvalue weighted by atomic mass is 16.5. The summed E-state index contributed by atoms with van der Waals surface area (Å²) in [5.74, 6) is -1.43. The van der Waals surface area contributed by atoms with Gasteiger partial charge in [0, 0.05) is 0 Å². The summed E-state index contributed by atoms with van der Waals surface area (Å²) in [5, 5.41) is 10.5. The van der Waals surface area contributed by atoms with E-state index in [1.807, 2.05) is 0 Å². The summed E-state index contributed by atoms with van der Waals surface area (Å²) in [6.07, 6.45) is 0. The third-order valence-corrected chi connectivity index (χ3v) is 4.89. The van der Waals surface area contributed by atoms with Crippen LogP contribution in [0, 0.1) is 0 Å². The first-order chi connectivity index (χ1) is 14.4. The molecule has 0 unspecified atom stereocenters. The first-order valence-electron chi connectivity index (χ1n) is 9.08. The van der Waals surface area contributed by atoms with Gasteiger partial charge in [-0.2, -0.15) is 4.68 Å². The number of carbonyl (C=O) groups excluding carboxylic acids is 3. The van der Waals surface area contributed by atoms with E-state index in [-0.39, 0.29) is 0 Å². The molecule has 0 saturated carbocycles. The number of fused-ring (bicyclic) bond motifs is 1. The predicted molar refractivity (Wildman–Crippen MR) is 104 cm³/mol. The van der Waals surface area contributed by atoms with Crippen molar-refractivity contribution in [2.45, 2.75) is 19.2 Å². The minimum atomic E-state index is -1.28. The van der Waals surface area contributed by atoms with Gasteiger partial charge in [0.1, 0.15) is 17.6 Å². The maximum atomic E-state index is 12.8. The van der Waals surface area contributed by atoms with Crippen LogP contribution in [0.1, 0.15) is 12.5 Å². The second kappa shape index (κ2) is 7.39. The summed E-state index contributed by atoms with van der Waals surface area (Å²) in [4.78, 5) is 50.5. The first-order valence-corrected chi connectivity index (χ1v) is 9.08. The van der Waals surface area contributed by atoms with Crippen molar-refractivity contribution in [3.63, 3.8) is 0 Å². The number of amides is 3. The molecule has 1 aromatic heterocycles. The molecule has 3 amide bonds. The lowest BCUT2D eigenvalue weighted by Gasteiger charge is -2.21. The number of urea groups is 1. The topological polar surface area (TPSA) is 123 Å². The smallest absolute Gasteiger partial charge is 0.328 e. The zero-order valence-corrected chi connectivity index (χ0v) is 15.9. The Morgan fingerprint density at radius 1 is 1.07 bits per heavy atom. The molecular weight excluding hydrogens is 390 g/mol. The van der Waals surface area contributed by atoms with Crippen LogP contribution in [0.25, 0.3) is 10.9 Å². The van der Waals surface area contributed by atoms with Crippen LogP contribution in [-0.4, -0.2) is 44.3 Å². The van der Waals surface area contributed by atoms with E-state index >= 15 is 0 Å². The summed E-state index contributed by atoms with van der Waals surface area (Å²) in [7, 11) is 0. The largest absolute Gasteiger partial charge is 0.441 e. The molecule has 152 valence electrons. The van der Waals surface area contributed by atoms with Gasteiger partial charge in [0.15, 0.2) is 6.73 Å². The molecule has 2 heterocycles. The molecule has 2 aromatic carbocycles. The molecule has 1 N–H and O–H groups in total. The first kappa shape index (κ1) is 19.2. The average Bonchev–Trinajstić information content (AvgIpc) is 2.98. The van der Waals surface area contributed by atoms with Crippen molar-refractivity contribution >= 4 is 28.8 Å². The summed E-state index contributed by atoms with van der Waals surface area (Å²) < 4.78 is 5.93. The van der Waals surface area contributed by atoms with Gasteiger partial charge in [0.2, 0.25) is 0 Å². The fraction of sp³-hybridized carbons (Fsp3) is 0.200. The van der Waals surface area contributed by atoms with Crippen LogP contribution in [0.3, 0.4) is 0 Å². The number of carbonyl (C=O) groups is 3. The van der Waals surface area contributed by atoms with E-state index in [1.54, 1.807) is 61.5 Å². The SMILES string of the molecule is C[C@@]1(c2ccccc2)NC(=O)N(CC(=O)OCn2nnc3ccccc3c2=O)C1=O. The quantitative estimate of drug-likeness (QED) is 0.489. The molecule has 1 atom stereocenters. The van der Waals surface area contributed by atoms with E-state index in [2.05, 4.69) is 15.6 Å². The van der Waals surface area contributed by atoms with E-state index < -0.39 is 42.3 Å². The van der Waals surface area contributed by atoms with E-state index in [9.17, 15) is 19.2 Å². The maximum Gasteiger partial charge on any atom is 0.328 e. The van der Waals surface area contributed by atoms with Gasteiger partial charge in [-0.3, -0.25) is 19.3 Å². The third kappa shape index (κ3) is 3.28. The number of hydrogen-bond acceptors (Lipinski definition) is 7. The molecule has 10 heteroatoms. The van der Waals surface area contributed by atoms with Crippen molar-refractivity contribution in [3.05, 3.63) is 70.5 Å². The molecule has 0 radical (unpaired) electrons. The minimum absolute atomic E-state index is 0.330. The molecule has 0 bridgehead atoms. The van der Waals surface area contributed by atoms with Gasteiger partial charge >= 0.3 is 12.0 Å². The summed E-state index contributed by atoms with van der Waals surface area (Å²) in [6, 6.07) is 14.6. The van der Waals surface area contributed by atoms with Crippen molar-refractivity contribution in [1.29, 1.82) is 0 Å². The summed E-state index contributed by atoms with van der Waals surface area (Å²) in [6.45, 7) is 0.482. The second-order valence-electron chi connectivity index (χ2n) is 6.87. The molecule has 0 aliphatic carbocycles. The highest BCUT2D eigenvalue weighted by molar-refractivity contribution is 6.08. The van der Waals surface area contributed by atoms with Crippen LogP contribution in [-0.2, 0) is 26.6 Å². The number of rotatable bonds is 5. The van der Waals surface area contributed by atoms with E-state index in [1.165, 1.54) is 0 Å². The number of hydrogen-bond donors (Lipinski definition) is 1. The highest BCUT2D eigenvalue weighted by Crippen LogP contribution is 2.28. The molecule has 1 fully saturated rings. The van der Waals surface area contributed by atoms with Gasteiger partial charge in [0.25, 0.3) is 11.5 Å². The molecule has 30 heavy (non-hydrogen) atoms. The van der Waals surface area contributed by atoms with Gasteiger partial charge in [-0.1, -0.05) is 47.7 Å². The Balaban J connectivity index is 1.45. The van der Waals surface area contributed by atoms with Gasteiger partial charge in [-0.15, -0.1) is 5.10 Å². The van der Waals surface area contributed by atoms with Crippen LogP contribution in [0.5, 0.6) is 0 Å². The Bertz CT molecular complexity index is 1210. The Morgan fingerprint density at radius 2 is 1.77 bits per heavy atom. The van der Waals surface area contributed by atoms with Crippen molar-refractivity contribution in [1.82, 2.24) is 25.2 Å². The van der Waals surface area contributed by atoms with Crippen molar-refractivity contribution < 1.29 is 19.1 Å². The lowest BCUT2D eigenvalue weighted by atomic mass is 9.92. The standard InChI is InChI=1S/C20H17N5O5/c1-20(13-7-3-2-4-8-13)18(28)24(19(29)21-20)11-16(26)30-12-25-17(27)14-9-5-6-10-15(14)22-23-25/h2-10H,11-12H2,1H3,(H,21,29)/t20-/m0/s1. The van der Waals surface area contributed by atoms with E-state index in [0.29, 0.717) is 16.5 Å². The van der Waals surface area contributed by atoms with Crippen molar-refractivity contribution in [2.24, 2.45) is 0 Å². The fourth-order valence-electron chi connectivity index (χ4n) is 3.22. The van der Waals surface area contributed by atoms with Crippen LogP contribution >= 0.6 is 0 Å². The lowest BCUT2D eigenvalue weighted by Crippen LogP contribution is -2.41. The number of imide groups is 1. The number of ether oxygens (including phenoxy) is 1. The Hall–Kier alpha value is -4.08. The van der Waals surface area contributed by atoms with Crippen LogP contribution in [0.2, 0.25) is 0 Å². The maximum absolute atomic E-state index is 12.8. The fourth-order valence-corrected chi connectivity index (χ4v) is 3.22. The number of nitrogens with one attached hydrogen (secondary N) is 1. The average molecular weight is 407 g/mol. The number of nitrogens with zero attached hydrogens (tertiary/aromatic N) is 4. The molecule has 3 aromatic rings. The summed E-state index contributed by atoms with van der Waals surface area (Å²) in [5.41, 5.74) is -0.735. The number of aromatic nitrogens is 3. The zero-order chi connectivity index (χ0) is 21.3. The molecule has 0 spiro atoms. The molecule has 10 nitrogen and oxygen atoms in total. The monoisotopic (exact) mass is 407 g/mol. The van der Waals surface area contributed by atoms with Gasteiger partial charge in [0.05, 0.1) is 5.39 Å². The summed E-state index contributed by atoms with van der Waals surface area (Å²) >= 11 is 0. The molecule has 1 aliphatic rings. The van der Waals surface area contributed by atoms with E-state index in [4.69, 9.17) is 4.74 Å². The molecule has 1 aliphatic heterocycles. The van der Waals surface area contributed by atoms with Crippen LogP contribution in [0.15, 0.2) is 59.4 Å². The van der Waals surface area contributed by atoms with Crippen LogP contribution < -0.4 is 10.9 Å². The van der Waals surface area contributed by atoms with Gasteiger partial charge in [-0.25, -0.2) is 4.79 Å². The number of benzene rings is 2. The Labute approximate surface area is 170 Å². The predicted octanol–water partition coefficient (Wildman–Crippen LogP) is 0.759. The third-order valence-electron chi connectivity index (χ3n) is 4.89. The van der Waals surface area contributed by atoms with Crippen LogP contribution in [0.4, 0.5) is 4.79 Å². The molecule has 4 rings (SSSR count). The normalized spacial score (nSPS) is 18.5. The molecule has 1 saturated heterocycles. The Morgan fingerprint density at radius 3 is 2.53 bits per heavy atom. The number of esters is 1. The second-order valence-corrected chi connectivity index (χ2v) is 6.87. The highest BCUT2D eigenvalue weighted by Gasteiger charge is 2.49. The van der Waals surface area contributed by atoms with Gasteiger partial charge in [-0.05, 0) is 24.6 Å². The van der Waals surface area contributed by atoms with Crippen molar-refractivity contribution in [3.8, 4) is 0 Å². The minimum Gasteiger partial charge on any atom is -0.441 e. The molecular formula is C20H17N5O5. The Kier molecular flexibility index (Phi) is 4.74. The van der Waals surface area contributed by atoms with Crippen molar-refractivity contribution in [2.75, 3.05) is 6.54 Å². The van der Waals surface area contributed by atoms with E-state index in [0.717, 1.165) is 9.58 Å². The lowest BCUT2D eigenvalue weighted by molar-refractivity contribution is -0.151. The van der Waals surface area contributed by atoms with Gasteiger partial charge < -0.3 is 10.1 Å².